The fourth-order valence-corrected chi connectivity index (χ4v) is 6.92. The van der Waals surface area contributed by atoms with E-state index in [1.807, 2.05) is 91.3 Å². The second-order valence-electron chi connectivity index (χ2n) is 12.5. The quantitative estimate of drug-likeness (QED) is 0.0849. The first-order valence-electron chi connectivity index (χ1n) is 16.6. The molecule has 0 saturated heterocycles. The maximum atomic E-state index is 13.5. The molecule has 8 heteroatoms. The van der Waals surface area contributed by atoms with Crippen LogP contribution in [0.15, 0.2) is 146 Å². The number of nitrogens with one attached hydrogen (secondary N) is 1. The molecule has 0 amide bonds. The van der Waals surface area contributed by atoms with Gasteiger partial charge >= 0.3 is 0 Å². The van der Waals surface area contributed by atoms with Gasteiger partial charge in [0, 0.05) is 40.5 Å². The van der Waals surface area contributed by atoms with Crippen LogP contribution in [0.5, 0.6) is 0 Å². The lowest BCUT2D eigenvalue weighted by Gasteiger charge is -2.37. The zero-order chi connectivity index (χ0) is 34.7. The largest absolute Gasteiger partial charge is 0.310 e. The molecule has 0 bridgehead atoms. The monoisotopic (exact) mass is 661 g/mol. The van der Waals surface area contributed by atoms with Gasteiger partial charge in [0.2, 0.25) is 0 Å². The Kier molecular flexibility index (Phi) is 9.02. The minimum absolute atomic E-state index is 0.0235. The number of nitro benzene ring substituents is 1. The lowest BCUT2D eigenvalue weighted by atomic mass is 9.77. The van der Waals surface area contributed by atoms with Crippen LogP contribution in [0, 0.1) is 22.9 Å². The third-order valence-electron chi connectivity index (χ3n) is 9.35. The van der Waals surface area contributed by atoms with Crippen molar-refractivity contribution in [2.75, 3.05) is 6.54 Å². The van der Waals surface area contributed by atoms with Crippen molar-refractivity contribution in [3.63, 3.8) is 0 Å². The summed E-state index contributed by atoms with van der Waals surface area (Å²) in [6, 6.07) is 44.3. The zero-order valence-corrected chi connectivity index (χ0v) is 27.8. The Balaban J connectivity index is 1.47. The van der Waals surface area contributed by atoms with Crippen LogP contribution in [-0.4, -0.2) is 26.2 Å². The molecule has 0 aliphatic carbocycles. The molecule has 248 valence electrons. The van der Waals surface area contributed by atoms with Crippen LogP contribution in [0.4, 0.5) is 10.1 Å². The number of halogens is 1. The van der Waals surface area contributed by atoms with E-state index in [9.17, 15) is 14.5 Å². The first kappa shape index (κ1) is 32.6. The van der Waals surface area contributed by atoms with Gasteiger partial charge in [0.1, 0.15) is 17.1 Å². The molecule has 0 unspecified atom stereocenters. The van der Waals surface area contributed by atoms with Gasteiger partial charge in [0.25, 0.3) is 5.69 Å². The molecule has 1 atom stereocenters. The minimum Gasteiger partial charge on any atom is -0.310 e. The smallest absolute Gasteiger partial charge is 0.274 e. The number of pyridine rings is 1. The van der Waals surface area contributed by atoms with Gasteiger partial charge < -0.3 is 5.32 Å². The second-order valence-corrected chi connectivity index (χ2v) is 12.5. The Labute approximate surface area is 290 Å². The Morgan fingerprint density at radius 3 is 1.94 bits per heavy atom. The number of nitro groups is 1. The average Bonchev–Trinajstić information content (AvgIpc) is 3.52. The molecule has 2 heterocycles. The highest BCUT2D eigenvalue weighted by atomic mass is 19.1. The highest BCUT2D eigenvalue weighted by molar-refractivity contribution is 5.96. The summed E-state index contributed by atoms with van der Waals surface area (Å²) in [6.07, 6.45) is 2.17. The molecular formula is C42H36FN5O2. The predicted octanol–water partition coefficient (Wildman–Crippen LogP) is 9.19. The fraction of sp³-hybridized carbons (Fsp3) is 0.143. The van der Waals surface area contributed by atoms with E-state index in [0.717, 1.165) is 38.9 Å². The van der Waals surface area contributed by atoms with Gasteiger partial charge in [-0.1, -0.05) is 103 Å². The summed E-state index contributed by atoms with van der Waals surface area (Å²) in [5.74, 6) is -0.290. The summed E-state index contributed by atoms with van der Waals surface area (Å²) < 4.78 is 15.5. The number of fused-ring (bicyclic) bond motifs is 1. The molecule has 0 aliphatic rings. The molecule has 0 aliphatic heterocycles. The van der Waals surface area contributed by atoms with Crippen molar-refractivity contribution in [2.45, 2.75) is 31.8 Å². The molecule has 0 spiro atoms. The number of hydrogen-bond acceptors (Lipinski definition) is 5. The van der Waals surface area contributed by atoms with Crippen LogP contribution in [0.2, 0.25) is 0 Å². The van der Waals surface area contributed by atoms with Gasteiger partial charge in [-0.2, -0.15) is 5.10 Å². The lowest BCUT2D eigenvalue weighted by molar-refractivity contribution is -0.385. The zero-order valence-electron chi connectivity index (χ0n) is 27.8. The van der Waals surface area contributed by atoms with Gasteiger partial charge in [0.15, 0.2) is 0 Å². The molecule has 0 radical (unpaired) electrons. The number of hydrogen-bond donors (Lipinski definition) is 1. The number of rotatable bonds is 11. The number of aryl methyl sites for hydroxylation is 1. The molecule has 2 aromatic heterocycles. The maximum absolute atomic E-state index is 13.5. The van der Waals surface area contributed by atoms with E-state index in [1.165, 1.54) is 12.1 Å². The normalized spacial score (nSPS) is 12.2. The van der Waals surface area contributed by atoms with Crippen molar-refractivity contribution in [3.8, 4) is 11.3 Å². The highest BCUT2D eigenvalue weighted by Gasteiger charge is 2.41. The van der Waals surface area contributed by atoms with Crippen molar-refractivity contribution < 1.29 is 9.31 Å². The van der Waals surface area contributed by atoms with Crippen molar-refractivity contribution in [1.29, 1.82) is 0 Å². The fourth-order valence-electron chi connectivity index (χ4n) is 6.92. The van der Waals surface area contributed by atoms with Crippen LogP contribution < -0.4 is 5.32 Å². The van der Waals surface area contributed by atoms with E-state index in [0.29, 0.717) is 29.7 Å². The minimum atomic E-state index is -0.982. The van der Waals surface area contributed by atoms with E-state index < -0.39 is 5.54 Å². The maximum Gasteiger partial charge on any atom is 0.274 e. The SMILES string of the molecule is Cc1cc(-c2nn(C(c3ccccc3)(c3ccccc3)c3ccccc3)c3cc([N+](=O)[O-])c(CCN[C@H](C)c4ccc(F)cc4)cc23)ccn1. The summed E-state index contributed by atoms with van der Waals surface area (Å²) in [5.41, 5.74) is 6.51. The lowest BCUT2D eigenvalue weighted by Crippen LogP contribution is -2.38. The molecule has 5 aromatic carbocycles. The van der Waals surface area contributed by atoms with Crippen molar-refractivity contribution in [1.82, 2.24) is 20.1 Å². The third-order valence-corrected chi connectivity index (χ3v) is 9.35. The molecule has 7 aromatic rings. The van der Waals surface area contributed by atoms with Crippen LogP contribution in [-0.2, 0) is 12.0 Å². The Morgan fingerprint density at radius 2 is 1.40 bits per heavy atom. The molecule has 50 heavy (non-hydrogen) atoms. The van der Waals surface area contributed by atoms with E-state index in [-0.39, 0.29) is 22.5 Å². The Hall–Kier alpha value is -5.99. The summed E-state index contributed by atoms with van der Waals surface area (Å²) in [7, 11) is 0. The third kappa shape index (κ3) is 6.06. The molecule has 7 nitrogen and oxygen atoms in total. The number of aromatic nitrogens is 3. The first-order valence-corrected chi connectivity index (χ1v) is 16.6. The molecule has 0 saturated carbocycles. The average molecular weight is 662 g/mol. The molecular weight excluding hydrogens is 625 g/mol. The molecule has 1 N–H and O–H groups in total. The van der Waals surface area contributed by atoms with Crippen LogP contribution >= 0.6 is 0 Å². The van der Waals surface area contributed by atoms with Crippen molar-refractivity contribution in [3.05, 3.63) is 195 Å². The summed E-state index contributed by atoms with van der Waals surface area (Å²) in [6.45, 7) is 4.41. The Bertz CT molecular complexity index is 2160. The van der Waals surface area contributed by atoms with Gasteiger partial charge in [0.05, 0.1) is 10.4 Å². The Morgan fingerprint density at radius 1 is 0.820 bits per heavy atom. The van der Waals surface area contributed by atoms with Crippen LogP contribution in [0.1, 0.15) is 46.5 Å². The van der Waals surface area contributed by atoms with Gasteiger partial charge in [-0.05, 0) is 79.4 Å². The topological polar surface area (TPSA) is 85.9 Å². The standard InChI is InChI=1S/C42H36FN5O2/c1-29-26-33(23-24-44-29)41-38-27-32(22-25-45-30(2)31-18-20-37(43)21-19-31)39(48(49)50)28-40(38)47(46-41)42(34-12-6-3-7-13-34,35-14-8-4-9-15-35)36-16-10-5-11-17-36/h3-21,23-24,26-28,30,45H,22,25H2,1-2H3/t30-/m1/s1. The van der Waals surface area contributed by atoms with Crippen molar-refractivity contribution >= 4 is 16.6 Å². The van der Waals surface area contributed by atoms with Crippen LogP contribution in [0.25, 0.3) is 22.2 Å². The van der Waals surface area contributed by atoms with E-state index in [2.05, 4.69) is 46.7 Å². The molecule has 7 rings (SSSR count). The van der Waals surface area contributed by atoms with Gasteiger partial charge in [-0.3, -0.25) is 15.1 Å². The highest BCUT2D eigenvalue weighted by Crippen LogP contribution is 2.45. The van der Waals surface area contributed by atoms with E-state index >= 15 is 0 Å². The number of nitrogens with zero attached hydrogens (tertiary/aromatic N) is 4. The van der Waals surface area contributed by atoms with Crippen LogP contribution in [0.3, 0.4) is 0 Å². The number of benzene rings is 5. The predicted molar refractivity (Wildman–Crippen MR) is 195 cm³/mol. The molecule has 0 fully saturated rings. The second kappa shape index (κ2) is 13.9. The summed E-state index contributed by atoms with van der Waals surface area (Å²) >= 11 is 0. The summed E-state index contributed by atoms with van der Waals surface area (Å²) in [4.78, 5) is 16.9. The van der Waals surface area contributed by atoms with Gasteiger partial charge in [-0.25, -0.2) is 9.07 Å². The summed E-state index contributed by atoms with van der Waals surface area (Å²) in [5, 5.41) is 22.5. The van der Waals surface area contributed by atoms with Gasteiger partial charge in [-0.15, -0.1) is 0 Å². The van der Waals surface area contributed by atoms with E-state index in [1.54, 1.807) is 24.4 Å². The first-order chi connectivity index (χ1) is 24.4. The van der Waals surface area contributed by atoms with Crippen molar-refractivity contribution in [2.24, 2.45) is 0 Å². The van der Waals surface area contributed by atoms with E-state index in [4.69, 9.17) is 5.10 Å².